The van der Waals surface area contributed by atoms with Gasteiger partial charge in [0.05, 0.1) is 6.61 Å². The standard InChI is InChI=1S/C15H24FNO/c1-14(2,3)11-6-7-13(12(16)10-11)18-9-8-15(4,5)17/h6-7,10H,8-9,17H2,1-5H3. The first kappa shape index (κ1) is 15.0. The van der Waals surface area contributed by atoms with Crippen LogP contribution in [0.25, 0.3) is 0 Å². The van der Waals surface area contributed by atoms with Crippen LogP contribution in [-0.2, 0) is 5.41 Å². The van der Waals surface area contributed by atoms with Gasteiger partial charge >= 0.3 is 0 Å². The summed E-state index contributed by atoms with van der Waals surface area (Å²) in [5.41, 5.74) is 6.46. The zero-order valence-corrected chi connectivity index (χ0v) is 12.0. The molecule has 0 radical (unpaired) electrons. The summed E-state index contributed by atoms with van der Waals surface area (Å²) in [6.45, 7) is 10.4. The summed E-state index contributed by atoms with van der Waals surface area (Å²) in [4.78, 5) is 0. The van der Waals surface area contributed by atoms with Gasteiger partial charge in [0.15, 0.2) is 11.6 Å². The Kier molecular flexibility index (Phi) is 4.38. The second-order valence-corrected chi connectivity index (χ2v) is 6.48. The van der Waals surface area contributed by atoms with Gasteiger partial charge in [0.25, 0.3) is 0 Å². The highest BCUT2D eigenvalue weighted by Gasteiger charge is 2.16. The van der Waals surface area contributed by atoms with Crippen molar-refractivity contribution >= 4 is 0 Å². The Balaban J connectivity index is 2.69. The van der Waals surface area contributed by atoms with Gasteiger partial charge in [-0.25, -0.2) is 4.39 Å². The maximum Gasteiger partial charge on any atom is 0.165 e. The van der Waals surface area contributed by atoms with Gasteiger partial charge in [0.1, 0.15) is 0 Å². The second kappa shape index (κ2) is 5.27. The van der Waals surface area contributed by atoms with Gasteiger partial charge in [-0.05, 0) is 43.4 Å². The summed E-state index contributed by atoms with van der Waals surface area (Å²) >= 11 is 0. The molecule has 0 saturated carbocycles. The van der Waals surface area contributed by atoms with Crippen molar-refractivity contribution < 1.29 is 9.13 Å². The van der Waals surface area contributed by atoms with E-state index in [0.717, 1.165) is 5.56 Å². The van der Waals surface area contributed by atoms with Gasteiger partial charge in [-0.1, -0.05) is 26.8 Å². The predicted octanol–water partition coefficient (Wildman–Crippen LogP) is 3.63. The number of ether oxygens (including phenoxy) is 1. The van der Waals surface area contributed by atoms with Gasteiger partial charge in [-0.3, -0.25) is 0 Å². The van der Waals surface area contributed by atoms with Crippen LogP contribution in [0.1, 0.15) is 46.6 Å². The van der Waals surface area contributed by atoms with E-state index in [1.165, 1.54) is 0 Å². The molecule has 0 fully saturated rings. The molecule has 0 atom stereocenters. The van der Waals surface area contributed by atoms with E-state index in [4.69, 9.17) is 10.5 Å². The molecule has 0 aliphatic rings. The summed E-state index contributed by atoms with van der Waals surface area (Å²) in [5, 5.41) is 0. The van der Waals surface area contributed by atoms with E-state index < -0.39 is 0 Å². The van der Waals surface area contributed by atoms with Crippen molar-refractivity contribution in [1.29, 1.82) is 0 Å². The molecule has 0 bridgehead atoms. The summed E-state index contributed by atoms with van der Waals surface area (Å²) < 4.78 is 19.3. The lowest BCUT2D eigenvalue weighted by Crippen LogP contribution is -2.33. The summed E-state index contributed by atoms with van der Waals surface area (Å²) in [5.74, 6) is -0.00972. The van der Waals surface area contributed by atoms with E-state index in [-0.39, 0.29) is 16.8 Å². The monoisotopic (exact) mass is 253 g/mol. The minimum atomic E-state index is -0.308. The number of rotatable bonds is 4. The maximum absolute atomic E-state index is 13.8. The highest BCUT2D eigenvalue weighted by Crippen LogP contribution is 2.27. The van der Waals surface area contributed by atoms with Crippen molar-refractivity contribution in [1.82, 2.24) is 0 Å². The van der Waals surface area contributed by atoms with Crippen molar-refractivity contribution in [2.24, 2.45) is 5.73 Å². The molecule has 0 aliphatic heterocycles. The van der Waals surface area contributed by atoms with E-state index in [2.05, 4.69) is 20.8 Å². The number of hydrogen-bond acceptors (Lipinski definition) is 2. The Morgan fingerprint density at radius 3 is 2.22 bits per heavy atom. The lowest BCUT2D eigenvalue weighted by molar-refractivity contribution is 0.263. The quantitative estimate of drug-likeness (QED) is 0.889. The molecular weight excluding hydrogens is 229 g/mol. The van der Waals surface area contributed by atoms with Gasteiger partial charge in [-0.2, -0.15) is 0 Å². The third-order valence-electron chi connectivity index (χ3n) is 2.80. The molecule has 2 N–H and O–H groups in total. The fourth-order valence-corrected chi connectivity index (χ4v) is 1.51. The van der Waals surface area contributed by atoms with E-state index in [9.17, 15) is 4.39 Å². The number of halogens is 1. The zero-order chi connectivity index (χ0) is 14.0. The second-order valence-electron chi connectivity index (χ2n) is 6.48. The molecule has 0 heterocycles. The average Bonchev–Trinajstić information content (AvgIpc) is 2.17. The number of benzene rings is 1. The molecule has 0 spiro atoms. The summed E-state index contributed by atoms with van der Waals surface area (Å²) in [7, 11) is 0. The molecule has 2 nitrogen and oxygen atoms in total. The Bertz CT molecular complexity index is 402. The largest absolute Gasteiger partial charge is 0.490 e. The predicted molar refractivity (Wildman–Crippen MR) is 73.5 cm³/mol. The molecule has 1 aromatic carbocycles. The van der Waals surface area contributed by atoms with Crippen molar-refractivity contribution in [3.05, 3.63) is 29.6 Å². The van der Waals surface area contributed by atoms with E-state index >= 15 is 0 Å². The molecule has 0 unspecified atom stereocenters. The van der Waals surface area contributed by atoms with Crippen LogP contribution in [0, 0.1) is 5.82 Å². The molecule has 0 aromatic heterocycles. The normalized spacial score (nSPS) is 12.6. The van der Waals surface area contributed by atoms with Crippen LogP contribution in [0.5, 0.6) is 5.75 Å². The fourth-order valence-electron chi connectivity index (χ4n) is 1.51. The Labute approximate surface area is 109 Å². The molecule has 18 heavy (non-hydrogen) atoms. The minimum absolute atomic E-state index is 0.0569. The van der Waals surface area contributed by atoms with Crippen molar-refractivity contribution in [3.8, 4) is 5.75 Å². The van der Waals surface area contributed by atoms with E-state index in [1.807, 2.05) is 19.9 Å². The minimum Gasteiger partial charge on any atom is -0.490 e. The first-order valence-corrected chi connectivity index (χ1v) is 6.31. The van der Waals surface area contributed by atoms with Crippen LogP contribution in [-0.4, -0.2) is 12.1 Å². The average molecular weight is 253 g/mol. The molecule has 0 amide bonds. The molecule has 0 aliphatic carbocycles. The maximum atomic E-state index is 13.8. The molecule has 102 valence electrons. The Hall–Kier alpha value is -1.09. The Morgan fingerprint density at radius 2 is 1.78 bits per heavy atom. The van der Waals surface area contributed by atoms with Gasteiger partial charge in [0, 0.05) is 5.54 Å². The first-order valence-electron chi connectivity index (χ1n) is 6.31. The van der Waals surface area contributed by atoms with Crippen LogP contribution < -0.4 is 10.5 Å². The highest BCUT2D eigenvalue weighted by molar-refractivity contribution is 5.32. The van der Waals surface area contributed by atoms with Crippen LogP contribution in [0.15, 0.2) is 18.2 Å². The molecule has 0 saturated heterocycles. The third-order valence-corrected chi connectivity index (χ3v) is 2.80. The smallest absolute Gasteiger partial charge is 0.165 e. The van der Waals surface area contributed by atoms with Gasteiger partial charge in [0.2, 0.25) is 0 Å². The summed E-state index contributed by atoms with van der Waals surface area (Å²) in [6.07, 6.45) is 0.688. The zero-order valence-electron chi connectivity index (χ0n) is 12.0. The van der Waals surface area contributed by atoms with Gasteiger partial charge in [-0.15, -0.1) is 0 Å². The fraction of sp³-hybridized carbons (Fsp3) is 0.600. The van der Waals surface area contributed by atoms with Crippen LogP contribution >= 0.6 is 0 Å². The molecule has 1 rings (SSSR count). The van der Waals surface area contributed by atoms with Crippen LogP contribution in [0.3, 0.4) is 0 Å². The SMILES string of the molecule is CC(C)(N)CCOc1ccc(C(C)(C)C)cc1F. The van der Waals surface area contributed by atoms with Crippen molar-refractivity contribution in [3.63, 3.8) is 0 Å². The lowest BCUT2D eigenvalue weighted by Gasteiger charge is -2.21. The van der Waals surface area contributed by atoms with Crippen molar-refractivity contribution in [2.75, 3.05) is 6.61 Å². The molecule has 3 heteroatoms. The Morgan fingerprint density at radius 1 is 1.17 bits per heavy atom. The van der Waals surface area contributed by atoms with E-state index in [1.54, 1.807) is 12.1 Å². The number of nitrogens with two attached hydrogens (primary N) is 1. The third kappa shape index (κ3) is 4.65. The lowest BCUT2D eigenvalue weighted by atomic mass is 9.87. The molecular formula is C15H24FNO. The summed E-state index contributed by atoms with van der Waals surface area (Å²) in [6, 6.07) is 5.15. The van der Waals surface area contributed by atoms with Gasteiger partial charge < -0.3 is 10.5 Å². The van der Waals surface area contributed by atoms with Crippen LogP contribution in [0.4, 0.5) is 4.39 Å². The highest BCUT2D eigenvalue weighted by atomic mass is 19.1. The number of hydrogen-bond donors (Lipinski definition) is 1. The van der Waals surface area contributed by atoms with Crippen LogP contribution in [0.2, 0.25) is 0 Å². The molecule has 1 aromatic rings. The van der Waals surface area contributed by atoms with E-state index in [0.29, 0.717) is 18.8 Å². The van der Waals surface area contributed by atoms with Crippen molar-refractivity contribution in [2.45, 2.75) is 52.0 Å². The first-order chi connectivity index (χ1) is 8.09. The topological polar surface area (TPSA) is 35.2 Å².